The van der Waals surface area contributed by atoms with Gasteiger partial charge in [0.05, 0.1) is 18.9 Å². The highest BCUT2D eigenvalue weighted by Gasteiger charge is 2.33. The van der Waals surface area contributed by atoms with Crippen molar-refractivity contribution >= 4 is 5.91 Å². The summed E-state index contributed by atoms with van der Waals surface area (Å²) in [6.07, 6.45) is -4.24. The van der Waals surface area contributed by atoms with Crippen LogP contribution in [0.15, 0.2) is 60.8 Å². The quantitative estimate of drug-likeness (QED) is 0.659. The van der Waals surface area contributed by atoms with Crippen LogP contribution in [0.5, 0.6) is 5.75 Å². The predicted octanol–water partition coefficient (Wildman–Crippen LogP) is 3.36. The highest BCUT2D eigenvalue weighted by atomic mass is 19.4. The molecule has 0 saturated heterocycles. The molecule has 29 heavy (non-hydrogen) atoms. The summed E-state index contributed by atoms with van der Waals surface area (Å²) in [5.41, 5.74) is 0.285. The number of carbonyl (C=O) groups excluding carboxylic acids is 1. The second-order valence-electron chi connectivity index (χ2n) is 6.19. The number of halogens is 3. The molecule has 0 saturated carbocycles. The lowest BCUT2D eigenvalue weighted by atomic mass is 10.1. The number of rotatable bonds is 6. The normalized spacial score (nSPS) is 12.4. The standard InChI is InChI=1S/C20H18F3N3O3/c1-29-16-4-2-3-14(11-16)17(27)12-24-19(28)13-5-7-15(8-6-13)26-10-9-18(25-26)20(21,22)23/h2-11,17,27H,12H2,1H3,(H,24,28). The molecule has 0 aliphatic rings. The highest BCUT2D eigenvalue weighted by molar-refractivity contribution is 5.94. The molecule has 1 aromatic heterocycles. The second kappa shape index (κ2) is 8.36. The Balaban J connectivity index is 1.62. The van der Waals surface area contributed by atoms with Gasteiger partial charge in [0.15, 0.2) is 5.69 Å². The number of ether oxygens (including phenoxy) is 1. The lowest BCUT2D eigenvalue weighted by molar-refractivity contribution is -0.141. The van der Waals surface area contributed by atoms with E-state index in [0.29, 0.717) is 22.6 Å². The van der Waals surface area contributed by atoms with Crippen LogP contribution in [0.25, 0.3) is 5.69 Å². The first-order valence-corrected chi connectivity index (χ1v) is 8.61. The Kier molecular flexibility index (Phi) is 5.88. The third kappa shape index (κ3) is 4.94. The minimum atomic E-state index is -4.52. The number of aliphatic hydroxyl groups excluding tert-OH is 1. The summed E-state index contributed by atoms with van der Waals surface area (Å²) in [5.74, 6) is 0.172. The van der Waals surface area contributed by atoms with Gasteiger partial charge in [0.2, 0.25) is 0 Å². The average molecular weight is 405 g/mol. The van der Waals surface area contributed by atoms with Gasteiger partial charge < -0.3 is 15.2 Å². The van der Waals surface area contributed by atoms with E-state index in [9.17, 15) is 23.1 Å². The molecule has 3 rings (SSSR count). The minimum Gasteiger partial charge on any atom is -0.497 e. The Bertz CT molecular complexity index is 984. The van der Waals surface area contributed by atoms with Crippen molar-refractivity contribution in [3.8, 4) is 11.4 Å². The van der Waals surface area contributed by atoms with Crippen molar-refractivity contribution in [2.45, 2.75) is 12.3 Å². The van der Waals surface area contributed by atoms with Gasteiger partial charge in [-0.1, -0.05) is 12.1 Å². The largest absolute Gasteiger partial charge is 0.497 e. The van der Waals surface area contributed by atoms with Gasteiger partial charge in [-0.2, -0.15) is 18.3 Å². The van der Waals surface area contributed by atoms with Gasteiger partial charge in [0, 0.05) is 18.3 Å². The second-order valence-corrected chi connectivity index (χ2v) is 6.19. The summed E-state index contributed by atoms with van der Waals surface area (Å²) in [7, 11) is 1.52. The molecule has 0 aliphatic heterocycles. The number of aliphatic hydroxyl groups is 1. The molecule has 2 N–H and O–H groups in total. The molecule has 1 amide bonds. The van der Waals surface area contributed by atoms with E-state index in [0.717, 1.165) is 10.7 Å². The molecule has 3 aromatic rings. The van der Waals surface area contributed by atoms with Crippen LogP contribution >= 0.6 is 0 Å². The maximum absolute atomic E-state index is 12.6. The summed E-state index contributed by atoms with van der Waals surface area (Å²) >= 11 is 0. The van der Waals surface area contributed by atoms with E-state index in [1.165, 1.54) is 37.6 Å². The molecule has 1 unspecified atom stereocenters. The molecule has 152 valence electrons. The van der Waals surface area contributed by atoms with Crippen molar-refractivity contribution in [2.24, 2.45) is 0 Å². The van der Waals surface area contributed by atoms with Crippen LogP contribution in [-0.2, 0) is 6.18 Å². The highest BCUT2D eigenvalue weighted by Crippen LogP contribution is 2.28. The number of carbonyl (C=O) groups is 1. The summed E-state index contributed by atoms with van der Waals surface area (Å²) in [4.78, 5) is 12.3. The molecule has 0 spiro atoms. The first kappa shape index (κ1) is 20.4. The van der Waals surface area contributed by atoms with Crippen LogP contribution < -0.4 is 10.1 Å². The van der Waals surface area contributed by atoms with E-state index >= 15 is 0 Å². The van der Waals surface area contributed by atoms with Crippen molar-refractivity contribution in [1.29, 1.82) is 0 Å². The number of aromatic nitrogens is 2. The molecule has 2 aromatic carbocycles. The molecule has 1 heterocycles. The lowest BCUT2D eigenvalue weighted by Crippen LogP contribution is -2.28. The Morgan fingerprint density at radius 3 is 2.55 bits per heavy atom. The molecular formula is C20H18F3N3O3. The average Bonchev–Trinajstić information content (AvgIpc) is 3.23. The van der Waals surface area contributed by atoms with Gasteiger partial charge in [0.25, 0.3) is 5.91 Å². The first-order chi connectivity index (χ1) is 13.8. The van der Waals surface area contributed by atoms with Crippen LogP contribution in [0.4, 0.5) is 13.2 Å². The number of nitrogens with zero attached hydrogens (tertiary/aromatic N) is 2. The molecular weight excluding hydrogens is 387 g/mol. The summed E-state index contributed by atoms with van der Waals surface area (Å²) in [6.45, 7) is -0.0121. The van der Waals surface area contributed by atoms with Crippen LogP contribution in [0, 0.1) is 0 Å². The van der Waals surface area contributed by atoms with Gasteiger partial charge >= 0.3 is 6.18 Å². The van der Waals surface area contributed by atoms with E-state index in [1.807, 2.05) is 0 Å². The Morgan fingerprint density at radius 2 is 1.93 bits per heavy atom. The summed E-state index contributed by atoms with van der Waals surface area (Å²) in [6, 6.07) is 13.7. The first-order valence-electron chi connectivity index (χ1n) is 8.61. The SMILES string of the molecule is COc1cccc(C(O)CNC(=O)c2ccc(-n3ccc(C(F)(F)F)n3)cc2)c1. The summed E-state index contributed by atoms with van der Waals surface area (Å²) in [5, 5.41) is 16.3. The zero-order chi connectivity index (χ0) is 21.0. The molecule has 1 atom stereocenters. The van der Waals surface area contributed by atoms with E-state index < -0.39 is 23.9 Å². The van der Waals surface area contributed by atoms with Gasteiger partial charge in [-0.3, -0.25) is 4.79 Å². The van der Waals surface area contributed by atoms with E-state index in [-0.39, 0.29) is 6.54 Å². The van der Waals surface area contributed by atoms with Crippen molar-refractivity contribution in [3.05, 3.63) is 77.6 Å². The number of methoxy groups -OCH3 is 1. The molecule has 0 fully saturated rings. The zero-order valence-electron chi connectivity index (χ0n) is 15.3. The van der Waals surface area contributed by atoms with E-state index in [4.69, 9.17) is 4.74 Å². The Morgan fingerprint density at radius 1 is 1.21 bits per heavy atom. The Hall–Kier alpha value is -3.33. The van der Waals surface area contributed by atoms with Crippen LogP contribution in [-0.4, -0.2) is 34.4 Å². The van der Waals surface area contributed by atoms with Crippen molar-refractivity contribution in [1.82, 2.24) is 15.1 Å². The maximum atomic E-state index is 12.6. The predicted molar refractivity (Wildman–Crippen MR) is 98.9 cm³/mol. The fraction of sp³-hybridized carbons (Fsp3) is 0.200. The third-order valence-corrected chi connectivity index (χ3v) is 4.21. The minimum absolute atomic E-state index is 0.0121. The molecule has 0 radical (unpaired) electrons. The monoisotopic (exact) mass is 405 g/mol. The fourth-order valence-electron chi connectivity index (χ4n) is 2.64. The molecule has 9 heteroatoms. The maximum Gasteiger partial charge on any atom is 0.435 e. The number of nitrogens with one attached hydrogen (secondary N) is 1. The summed E-state index contributed by atoms with van der Waals surface area (Å²) < 4.78 is 44.1. The van der Waals surface area contributed by atoms with Gasteiger partial charge in [0.1, 0.15) is 5.75 Å². The molecule has 0 bridgehead atoms. The number of amides is 1. The zero-order valence-corrected chi connectivity index (χ0v) is 15.3. The molecule has 6 nitrogen and oxygen atoms in total. The fourth-order valence-corrected chi connectivity index (χ4v) is 2.64. The van der Waals surface area contributed by atoms with Crippen molar-refractivity contribution in [3.63, 3.8) is 0 Å². The van der Waals surface area contributed by atoms with Crippen LogP contribution in [0.2, 0.25) is 0 Å². The van der Waals surface area contributed by atoms with Crippen LogP contribution in [0.1, 0.15) is 27.7 Å². The number of hydrogen-bond donors (Lipinski definition) is 2. The number of benzene rings is 2. The third-order valence-electron chi connectivity index (χ3n) is 4.21. The van der Waals surface area contributed by atoms with Crippen molar-refractivity contribution < 1.29 is 27.8 Å². The van der Waals surface area contributed by atoms with E-state index in [1.54, 1.807) is 24.3 Å². The van der Waals surface area contributed by atoms with Crippen molar-refractivity contribution in [2.75, 3.05) is 13.7 Å². The van der Waals surface area contributed by atoms with Gasteiger partial charge in [-0.15, -0.1) is 0 Å². The smallest absolute Gasteiger partial charge is 0.435 e. The topological polar surface area (TPSA) is 76.4 Å². The Labute approximate surface area is 164 Å². The van der Waals surface area contributed by atoms with E-state index in [2.05, 4.69) is 10.4 Å². The molecule has 0 aliphatic carbocycles. The van der Waals surface area contributed by atoms with Gasteiger partial charge in [-0.05, 0) is 48.0 Å². The number of hydrogen-bond acceptors (Lipinski definition) is 4. The van der Waals surface area contributed by atoms with Crippen LogP contribution in [0.3, 0.4) is 0 Å². The lowest BCUT2D eigenvalue weighted by Gasteiger charge is -2.13. The van der Waals surface area contributed by atoms with Gasteiger partial charge in [-0.25, -0.2) is 4.68 Å². The number of alkyl halides is 3.